The summed E-state index contributed by atoms with van der Waals surface area (Å²) in [6, 6.07) is 0.528. The first-order valence-corrected chi connectivity index (χ1v) is 7.05. The standard InChI is InChI=1S/C13H17N5O2/c19-5-9-3-4-10(20-9)18-7-16-11-12(17-8-1-2-8)14-6-15-13(11)18/h6-10,19H,1-5H2,(H,14,15,17). The lowest BCUT2D eigenvalue weighted by atomic mass is 10.2. The Hall–Kier alpha value is -1.73. The molecule has 7 heteroatoms. The molecule has 1 aliphatic carbocycles. The van der Waals surface area contributed by atoms with E-state index in [0.717, 1.165) is 29.8 Å². The number of ether oxygens (including phenoxy) is 1. The summed E-state index contributed by atoms with van der Waals surface area (Å²) in [6.45, 7) is 0.0621. The van der Waals surface area contributed by atoms with Gasteiger partial charge in [0.2, 0.25) is 0 Å². The van der Waals surface area contributed by atoms with Crippen molar-refractivity contribution in [1.82, 2.24) is 19.5 Å². The van der Waals surface area contributed by atoms with Gasteiger partial charge < -0.3 is 15.2 Å². The Labute approximate surface area is 116 Å². The lowest BCUT2D eigenvalue weighted by Gasteiger charge is -2.13. The minimum Gasteiger partial charge on any atom is -0.394 e. The molecule has 1 saturated carbocycles. The smallest absolute Gasteiger partial charge is 0.167 e. The van der Waals surface area contributed by atoms with Gasteiger partial charge >= 0.3 is 0 Å². The maximum atomic E-state index is 9.16. The van der Waals surface area contributed by atoms with Crippen molar-refractivity contribution in [2.75, 3.05) is 11.9 Å². The molecule has 0 spiro atoms. The van der Waals surface area contributed by atoms with Crippen LogP contribution in [0.1, 0.15) is 31.9 Å². The van der Waals surface area contributed by atoms with Crippen molar-refractivity contribution in [3.63, 3.8) is 0 Å². The van der Waals surface area contributed by atoms with Crippen molar-refractivity contribution >= 4 is 17.0 Å². The van der Waals surface area contributed by atoms with Gasteiger partial charge in [-0.3, -0.25) is 4.57 Å². The Bertz CT molecular complexity index is 624. The highest BCUT2D eigenvalue weighted by Gasteiger charge is 2.28. The van der Waals surface area contributed by atoms with Gasteiger partial charge in [-0.15, -0.1) is 0 Å². The first-order valence-electron chi connectivity index (χ1n) is 7.05. The molecule has 1 saturated heterocycles. The molecule has 0 radical (unpaired) electrons. The molecule has 20 heavy (non-hydrogen) atoms. The van der Waals surface area contributed by atoms with Gasteiger partial charge in [-0.05, 0) is 25.7 Å². The molecule has 2 N–H and O–H groups in total. The molecule has 2 aliphatic rings. The molecule has 2 aromatic heterocycles. The van der Waals surface area contributed by atoms with Gasteiger partial charge in [-0.2, -0.15) is 0 Å². The number of rotatable bonds is 4. The summed E-state index contributed by atoms with van der Waals surface area (Å²) in [5.74, 6) is 0.799. The predicted molar refractivity (Wildman–Crippen MR) is 72.2 cm³/mol. The second-order valence-corrected chi connectivity index (χ2v) is 5.44. The number of nitrogens with one attached hydrogen (secondary N) is 1. The van der Waals surface area contributed by atoms with Gasteiger partial charge in [0.1, 0.15) is 12.6 Å². The van der Waals surface area contributed by atoms with Crippen LogP contribution < -0.4 is 5.32 Å². The van der Waals surface area contributed by atoms with E-state index in [1.165, 1.54) is 12.8 Å². The van der Waals surface area contributed by atoms with E-state index in [1.807, 2.05) is 4.57 Å². The number of aromatic nitrogens is 4. The Morgan fingerprint density at radius 2 is 2.15 bits per heavy atom. The van der Waals surface area contributed by atoms with Crippen LogP contribution in [0.2, 0.25) is 0 Å². The quantitative estimate of drug-likeness (QED) is 0.868. The van der Waals surface area contributed by atoms with Gasteiger partial charge in [-0.25, -0.2) is 15.0 Å². The molecule has 2 fully saturated rings. The Morgan fingerprint density at radius 3 is 2.90 bits per heavy atom. The molecular weight excluding hydrogens is 258 g/mol. The van der Waals surface area contributed by atoms with Crippen LogP contribution in [0.4, 0.5) is 5.82 Å². The van der Waals surface area contributed by atoms with E-state index < -0.39 is 0 Å². The van der Waals surface area contributed by atoms with Crippen molar-refractivity contribution in [2.24, 2.45) is 0 Å². The van der Waals surface area contributed by atoms with Gasteiger partial charge in [0.25, 0.3) is 0 Å². The number of aliphatic hydroxyl groups excluding tert-OH is 1. The third kappa shape index (κ3) is 2.03. The third-order valence-corrected chi connectivity index (χ3v) is 3.88. The van der Waals surface area contributed by atoms with E-state index in [2.05, 4.69) is 20.3 Å². The largest absolute Gasteiger partial charge is 0.394 e. The summed E-state index contributed by atoms with van der Waals surface area (Å²) in [7, 11) is 0. The topological polar surface area (TPSA) is 85.1 Å². The number of hydrogen-bond acceptors (Lipinski definition) is 6. The normalized spacial score (nSPS) is 26.2. The minimum atomic E-state index is -0.0965. The molecule has 2 aromatic rings. The van der Waals surface area contributed by atoms with Crippen molar-refractivity contribution in [2.45, 2.75) is 44.1 Å². The zero-order chi connectivity index (χ0) is 13.5. The second kappa shape index (κ2) is 4.68. The van der Waals surface area contributed by atoms with Crippen LogP contribution in [0, 0.1) is 0 Å². The fraction of sp³-hybridized carbons (Fsp3) is 0.615. The Kier molecular flexibility index (Phi) is 2.82. The van der Waals surface area contributed by atoms with E-state index in [4.69, 9.17) is 9.84 Å². The van der Waals surface area contributed by atoms with Crippen LogP contribution in [-0.4, -0.2) is 43.4 Å². The van der Waals surface area contributed by atoms with Crippen molar-refractivity contribution in [3.05, 3.63) is 12.7 Å². The summed E-state index contributed by atoms with van der Waals surface area (Å²) in [4.78, 5) is 13.0. The van der Waals surface area contributed by atoms with Crippen LogP contribution in [0.25, 0.3) is 11.2 Å². The van der Waals surface area contributed by atoms with Gasteiger partial charge in [-0.1, -0.05) is 0 Å². The van der Waals surface area contributed by atoms with Gasteiger partial charge in [0.05, 0.1) is 19.0 Å². The maximum Gasteiger partial charge on any atom is 0.167 e. The summed E-state index contributed by atoms with van der Waals surface area (Å²) in [6.07, 6.45) is 7.24. The van der Waals surface area contributed by atoms with Crippen molar-refractivity contribution in [1.29, 1.82) is 0 Å². The van der Waals surface area contributed by atoms with Gasteiger partial charge in [0, 0.05) is 6.04 Å². The zero-order valence-corrected chi connectivity index (χ0v) is 11.1. The van der Waals surface area contributed by atoms with Crippen LogP contribution in [-0.2, 0) is 4.74 Å². The highest BCUT2D eigenvalue weighted by molar-refractivity contribution is 5.82. The van der Waals surface area contributed by atoms with Crippen LogP contribution in [0.5, 0.6) is 0 Å². The Morgan fingerprint density at radius 1 is 1.25 bits per heavy atom. The molecule has 106 valence electrons. The molecule has 0 amide bonds. The van der Waals surface area contributed by atoms with Crippen LogP contribution in [0.3, 0.4) is 0 Å². The molecule has 1 aliphatic heterocycles. The molecule has 7 nitrogen and oxygen atoms in total. The van der Waals surface area contributed by atoms with Gasteiger partial charge in [0.15, 0.2) is 17.0 Å². The average molecular weight is 275 g/mol. The Balaban J connectivity index is 1.67. The number of fused-ring (bicyclic) bond motifs is 1. The lowest BCUT2D eigenvalue weighted by Crippen LogP contribution is -2.14. The molecule has 0 bridgehead atoms. The summed E-state index contributed by atoms with van der Waals surface area (Å²) in [5, 5.41) is 12.5. The number of aliphatic hydroxyl groups is 1. The SMILES string of the molecule is OCC1CCC(n2cnc3c(NC4CC4)ncnc32)O1. The molecule has 2 unspecified atom stereocenters. The predicted octanol–water partition coefficient (Wildman–Crippen LogP) is 1.07. The fourth-order valence-corrected chi connectivity index (χ4v) is 2.61. The van der Waals surface area contributed by atoms with E-state index in [1.54, 1.807) is 12.7 Å². The number of hydrogen-bond donors (Lipinski definition) is 2. The molecule has 4 rings (SSSR count). The zero-order valence-electron chi connectivity index (χ0n) is 11.1. The first-order chi connectivity index (χ1) is 9.85. The van der Waals surface area contributed by atoms with Crippen LogP contribution in [0.15, 0.2) is 12.7 Å². The summed E-state index contributed by atoms with van der Waals surface area (Å²) < 4.78 is 7.72. The molecular formula is C13H17N5O2. The number of anilines is 1. The highest BCUT2D eigenvalue weighted by atomic mass is 16.5. The molecule has 0 aromatic carbocycles. The van der Waals surface area contributed by atoms with Crippen molar-refractivity contribution in [3.8, 4) is 0 Å². The van der Waals surface area contributed by atoms with Crippen LogP contribution >= 0.6 is 0 Å². The maximum absolute atomic E-state index is 9.16. The first kappa shape index (κ1) is 12.0. The third-order valence-electron chi connectivity index (χ3n) is 3.88. The number of imidazole rings is 1. The van der Waals surface area contributed by atoms with E-state index in [0.29, 0.717) is 6.04 Å². The molecule has 3 heterocycles. The minimum absolute atomic E-state index is 0.0621. The fourth-order valence-electron chi connectivity index (χ4n) is 2.61. The summed E-state index contributed by atoms with van der Waals surface area (Å²) >= 11 is 0. The van der Waals surface area contributed by atoms with E-state index in [9.17, 15) is 0 Å². The van der Waals surface area contributed by atoms with Crippen molar-refractivity contribution < 1.29 is 9.84 Å². The number of nitrogens with zero attached hydrogens (tertiary/aromatic N) is 4. The highest BCUT2D eigenvalue weighted by Crippen LogP contribution is 2.32. The van der Waals surface area contributed by atoms with E-state index in [-0.39, 0.29) is 18.9 Å². The average Bonchev–Trinajstić information content (AvgIpc) is 3.01. The summed E-state index contributed by atoms with van der Waals surface area (Å²) in [5.41, 5.74) is 1.57. The second-order valence-electron chi connectivity index (χ2n) is 5.44. The van der Waals surface area contributed by atoms with E-state index >= 15 is 0 Å². The lowest BCUT2D eigenvalue weighted by molar-refractivity contribution is -0.0207. The monoisotopic (exact) mass is 275 g/mol. The molecule has 2 atom stereocenters.